The Balaban J connectivity index is 2.61. The molecule has 0 fully saturated rings. The zero-order valence-corrected chi connectivity index (χ0v) is 12.7. The molecule has 112 valence electrons. The largest absolute Gasteiger partial charge is 0.497 e. The second kappa shape index (κ2) is 9.23. The van der Waals surface area contributed by atoms with Gasteiger partial charge in [-0.3, -0.25) is 0 Å². The molecule has 0 radical (unpaired) electrons. The standard InChI is InChI=1S/C16H25NO3/c1-4-5-6-7-8-11-20-16-12-14(19-3)9-10-15(16)13(2)17-18/h9-10,12,18H,4-8,11H2,1-3H3/b17-13+. The van der Waals surface area contributed by atoms with Gasteiger partial charge in [-0.25, -0.2) is 0 Å². The van der Waals surface area contributed by atoms with Gasteiger partial charge >= 0.3 is 0 Å². The number of unbranched alkanes of at least 4 members (excludes halogenated alkanes) is 4. The zero-order valence-electron chi connectivity index (χ0n) is 12.7. The molecule has 0 amide bonds. The first-order valence-corrected chi connectivity index (χ1v) is 7.22. The van der Waals surface area contributed by atoms with Crippen LogP contribution in [0.15, 0.2) is 23.4 Å². The summed E-state index contributed by atoms with van der Waals surface area (Å²) in [6, 6.07) is 5.51. The first kappa shape index (κ1) is 16.3. The Hall–Kier alpha value is -1.71. The van der Waals surface area contributed by atoms with E-state index in [2.05, 4.69) is 12.1 Å². The molecule has 1 aromatic carbocycles. The Morgan fingerprint density at radius 3 is 2.60 bits per heavy atom. The molecule has 1 aromatic rings. The summed E-state index contributed by atoms with van der Waals surface area (Å²) in [5.74, 6) is 1.44. The topological polar surface area (TPSA) is 51.0 Å². The van der Waals surface area contributed by atoms with Crippen molar-refractivity contribution in [3.05, 3.63) is 23.8 Å². The number of hydrogen-bond donors (Lipinski definition) is 1. The van der Waals surface area contributed by atoms with Crippen LogP contribution in [0.1, 0.15) is 51.5 Å². The summed E-state index contributed by atoms with van der Waals surface area (Å²) in [4.78, 5) is 0. The molecular formula is C16H25NO3. The van der Waals surface area contributed by atoms with Gasteiger partial charge in [-0.2, -0.15) is 0 Å². The maximum Gasteiger partial charge on any atom is 0.132 e. The van der Waals surface area contributed by atoms with Gasteiger partial charge in [0.05, 0.1) is 19.4 Å². The molecule has 20 heavy (non-hydrogen) atoms. The minimum absolute atomic E-state index is 0.536. The van der Waals surface area contributed by atoms with Crippen molar-refractivity contribution in [3.63, 3.8) is 0 Å². The van der Waals surface area contributed by atoms with Crippen LogP contribution < -0.4 is 9.47 Å². The van der Waals surface area contributed by atoms with Crippen LogP contribution in [0.2, 0.25) is 0 Å². The molecule has 0 aliphatic carbocycles. The molecule has 1 N–H and O–H groups in total. The predicted molar refractivity (Wildman–Crippen MR) is 81.2 cm³/mol. The van der Waals surface area contributed by atoms with Crippen molar-refractivity contribution in [1.82, 2.24) is 0 Å². The van der Waals surface area contributed by atoms with E-state index in [0.29, 0.717) is 18.1 Å². The molecule has 0 atom stereocenters. The van der Waals surface area contributed by atoms with Crippen LogP contribution >= 0.6 is 0 Å². The molecule has 0 saturated carbocycles. The van der Waals surface area contributed by atoms with Crippen LogP contribution in [0.3, 0.4) is 0 Å². The van der Waals surface area contributed by atoms with Gasteiger partial charge in [-0.1, -0.05) is 37.8 Å². The summed E-state index contributed by atoms with van der Waals surface area (Å²) >= 11 is 0. The van der Waals surface area contributed by atoms with Gasteiger partial charge in [-0.15, -0.1) is 0 Å². The van der Waals surface area contributed by atoms with Crippen molar-refractivity contribution in [2.24, 2.45) is 5.16 Å². The van der Waals surface area contributed by atoms with Crippen LogP contribution in [0, 0.1) is 0 Å². The smallest absolute Gasteiger partial charge is 0.132 e. The molecular weight excluding hydrogens is 254 g/mol. The third kappa shape index (κ3) is 5.11. The second-order valence-electron chi connectivity index (χ2n) is 4.81. The van der Waals surface area contributed by atoms with Gasteiger partial charge in [0.25, 0.3) is 0 Å². The highest BCUT2D eigenvalue weighted by molar-refractivity contribution is 6.00. The van der Waals surface area contributed by atoms with Gasteiger partial charge in [0.1, 0.15) is 11.5 Å². The monoisotopic (exact) mass is 279 g/mol. The van der Waals surface area contributed by atoms with Gasteiger partial charge < -0.3 is 14.7 Å². The van der Waals surface area contributed by atoms with E-state index in [9.17, 15) is 0 Å². The summed E-state index contributed by atoms with van der Waals surface area (Å²) < 4.78 is 11.0. The Labute approximate surface area is 121 Å². The maximum absolute atomic E-state index is 8.91. The molecule has 0 saturated heterocycles. The van der Waals surface area contributed by atoms with Crippen LogP contribution in [0.4, 0.5) is 0 Å². The summed E-state index contributed by atoms with van der Waals surface area (Å²) in [5, 5.41) is 12.1. The van der Waals surface area contributed by atoms with Gasteiger partial charge in [0.2, 0.25) is 0 Å². The number of methoxy groups -OCH3 is 1. The molecule has 1 rings (SSSR count). The Morgan fingerprint density at radius 2 is 1.95 bits per heavy atom. The fourth-order valence-electron chi connectivity index (χ4n) is 1.99. The number of hydrogen-bond acceptors (Lipinski definition) is 4. The van der Waals surface area contributed by atoms with E-state index in [4.69, 9.17) is 14.7 Å². The molecule has 4 nitrogen and oxygen atoms in total. The van der Waals surface area contributed by atoms with Crippen molar-refractivity contribution < 1.29 is 14.7 Å². The van der Waals surface area contributed by atoms with Gasteiger partial charge in [-0.05, 0) is 25.5 Å². The Kier molecular flexibility index (Phi) is 7.55. The lowest BCUT2D eigenvalue weighted by molar-refractivity contribution is 0.300. The minimum Gasteiger partial charge on any atom is -0.497 e. The molecule has 0 spiro atoms. The fourth-order valence-corrected chi connectivity index (χ4v) is 1.99. The van der Waals surface area contributed by atoms with Crippen molar-refractivity contribution in [2.45, 2.75) is 46.0 Å². The van der Waals surface area contributed by atoms with Crippen LogP contribution in [-0.4, -0.2) is 24.6 Å². The molecule has 0 unspecified atom stereocenters. The molecule has 0 bridgehead atoms. The minimum atomic E-state index is 0.536. The number of benzene rings is 1. The lowest BCUT2D eigenvalue weighted by atomic mass is 10.1. The van der Waals surface area contributed by atoms with Crippen molar-refractivity contribution in [1.29, 1.82) is 0 Å². The summed E-state index contributed by atoms with van der Waals surface area (Å²) in [6.45, 7) is 4.62. The molecule has 0 aromatic heterocycles. The number of nitrogens with zero attached hydrogens (tertiary/aromatic N) is 1. The average molecular weight is 279 g/mol. The zero-order chi connectivity index (χ0) is 14.8. The third-order valence-corrected chi connectivity index (χ3v) is 3.23. The molecule has 0 aliphatic rings. The van der Waals surface area contributed by atoms with Crippen LogP contribution in [0.5, 0.6) is 11.5 Å². The summed E-state index contributed by atoms with van der Waals surface area (Å²) in [7, 11) is 1.62. The first-order valence-electron chi connectivity index (χ1n) is 7.22. The predicted octanol–water partition coefficient (Wildman–Crippen LogP) is 4.24. The lowest BCUT2D eigenvalue weighted by Crippen LogP contribution is -2.04. The number of oxime groups is 1. The van der Waals surface area contributed by atoms with E-state index >= 15 is 0 Å². The van der Waals surface area contributed by atoms with E-state index in [1.54, 1.807) is 14.0 Å². The Morgan fingerprint density at radius 1 is 1.20 bits per heavy atom. The van der Waals surface area contributed by atoms with E-state index < -0.39 is 0 Å². The quantitative estimate of drug-likeness (QED) is 0.318. The van der Waals surface area contributed by atoms with Crippen molar-refractivity contribution in [2.75, 3.05) is 13.7 Å². The normalized spacial score (nSPS) is 11.4. The first-order chi connectivity index (χ1) is 9.72. The highest BCUT2D eigenvalue weighted by atomic mass is 16.5. The maximum atomic E-state index is 8.91. The van der Waals surface area contributed by atoms with Gasteiger partial charge in [0, 0.05) is 11.6 Å². The average Bonchev–Trinajstić information content (AvgIpc) is 2.49. The van der Waals surface area contributed by atoms with Gasteiger partial charge in [0.15, 0.2) is 0 Å². The lowest BCUT2D eigenvalue weighted by Gasteiger charge is -2.12. The van der Waals surface area contributed by atoms with E-state index in [0.717, 1.165) is 17.7 Å². The number of rotatable bonds is 9. The highest BCUT2D eigenvalue weighted by Gasteiger charge is 2.09. The molecule has 0 heterocycles. The second-order valence-corrected chi connectivity index (χ2v) is 4.81. The van der Waals surface area contributed by atoms with Crippen molar-refractivity contribution in [3.8, 4) is 11.5 Å². The van der Waals surface area contributed by atoms with Crippen LogP contribution in [-0.2, 0) is 0 Å². The number of ether oxygens (including phenoxy) is 2. The summed E-state index contributed by atoms with van der Waals surface area (Å²) in [5.41, 5.74) is 1.33. The fraction of sp³-hybridized carbons (Fsp3) is 0.562. The highest BCUT2D eigenvalue weighted by Crippen LogP contribution is 2.25. The molecule has 4 heteroatoms. The SMILES string of the molecule is CCCCCCCOc1cc(OC)ccc1/C(C)=N/O. The third-order valence-electron chi connectivity index (χ3n) is 3.23. The summed E-state index contributed by atoms with van der Waals surface area (Å²) in [6.07, 6.45) is 5.99. The van der Waals surface area contributed by atoms with Crippen LogP contribution in [0.25, 0.3) is 0 Å². The van der Waals surface area contributed by atoms with E-state index in [1.807, 2.05) is 18.2 Å². The molecule has 0 aliphatic heterocycles. The van der Waals surface area contributed by atoms with Crippen molar-refractivity contribution >= 4 is 5.71 Å². The van der Waals surface area contributed by atoms with E-state index in [-0.39, 0.29) is 0 Å². The van der Waals surface area contributed by atoms with E-state index in [1.165, 1.54) is 25.7 Å². The Bertz CT molecular complexity index is 430.